The molecule has 25 heavy (non-hydrogen) atoms. The standard InChI is InChI=1S/C18H21N5O2/c24-17(14-5-3-13(4-6-14)16-7-9-22-23-16)20-10-11-21-18(25)15-2-1-8-19-12-15/h1-6,8,12,16,22-23H,7,9-11H2,(H,20,24)(H,21,25). The third-order valence-corrected chi connectivity index (χ3v) is 4.03. The molecule has 0 aliphatic carbocycles. The normalized spacial score (nSPS) is 16.4. The molecule has 2 aromatic rings. The molecule has 2 heterocycles. The highest BCUT2D eigenvalue weighted by Gasteiger charge is 2.16. The zero-order valence-electron chi connectivity index (χ0n) is 13.8. The molecule has 1 atom stereocenters. The zero-order valence-corrected chi connectivity index (χ0v) is 13.8. The lowest BCUT2D eigenvalue weighted by molar-refractivity contribution is 0.0927. The van der Waals surface area contributed by atoms with E-state index < -0.39 is 0 Å². The Balaban J connectivity index is 1.42. The highest BCUT2D eigenvalue weighted by molar-refractivity contribution is 5.95. The van der Waals surface area contributed by atoms with E-state index in [1.54, 1.807) is 18.3 Å². The summed E-state index contributed by atoms with van der Waals surface area (Å²) >= 11 is 0. The van der Waals surface area contributed by atoms with Crippen molar-refractivity contribution in [2.75, 3.05) is 19.6 Å². The minimum Gasteiger partial charge on any atom is -0.350 e. The molecule has 0 bridgehead atoms. The molecule has 1 aromatic carbocycles. The molecule has 2 amide bonds. The highest BCUT2D eigenvalue weighted by atomic mass is 16.2. The molecule has 4 N–H and O–H groups in total. The van der Waals surface area contributed by atoms with Crippen LogP contribution in [0.3, 0.4) is 0 Å². The van der Waals surface area contributed by atoms with Gasteiger partial charge in [0.1, 0.15) is 0 Å². The number of nitrogens with zero attached hydrogens (tertiary/aromatic N) is 1. The van der Waals surface area contributed by atoms with Crippen molar-refractivity contribution in [3.63, 3.8) is 0 Å². The number of carbonyl (C=O) groups is 2. The first-order valence-corrected chi connectivity index (χ1v) is 8.29. The summed E-state index contributed by atoms with van der Waals surface area (Å²) in [6, 6.07) is 11.2. The van der Waals surface area contributed by atoms with E-state index in [0.717, 1.165) is 18.5 Å². The topological polar surface area (TPSA) is 95.2 Å². The summed E-state index contributed by atoms with van der Waals surface area (Å²) in [5.41, 5.74) is 8.55. The third kappa shape index (κ3) is 4.62. The van der Waals surface area contributed by atoms with Crippen molar-refractivity contribution < 1.29 is 9.59 Å². The molecule has 1 aliphatic heterocycles. The fourth-order valence-electron chi connectivity index (χ4n) is 2.65. The highest BCUT2D eigenvalue weighted by Crippen LogP contribution is 2.18. The van der Waals surface area contributed by atoms with Gasteiger partial charge in [-0.25, -0.2) is 0 Å². The minimum atomic E-state index is -0.204. The minimum absolute atomic E-state index is 0.153. The Kier molecular flexibility index (Phi) is 5.71. The Labute approximate surface area is 146 Å². The van der Waals surface area contributed by atoms with Gasteiger partial charge in [0.2, 0.25) is 0 Å². The van der Waals surface area contributed by atoms with Gasteiger partial charge in [-0.3, -0.25) is 25.4 Å². The largest absolute Gasteiger partial charge is 0.350 e. The van der Waals surface area contributed by atoms with Gasteiger partial charge in [-0.1, -0.05) is 12.1 Å². The van der Waals surface area contributed by atoms with Crippen LogP contribution in [0.5, 0.6) is 0 Å². The van der Waals surface area contributed by atoms with E-state index in [2.05, 4.69) is 26.5 Å². The van der Waals surface area contributed by atoms with E-state index >= 15 is 0 Å². The van der Waals surface area contributed by atoms with Crippen LogP contribution in [0.4, 0.5) is 0 Å². The van der Waals surface area contributed by atoms with E-state index in [1.165, 1.54) is 6.20 Å². The lowest BCUT2D eigenvalue weighted by atomic mass is 10.0. The number of benzene rings is 1. The van der Waals surface area contributed by atoms with E-state index in [4.69, 9.17) is 0 Å². The van der Waals surface area contributed by atoms with E-state index in [9.17, 15) is 9.59 Å². The third-order valence-electron chi connectivity index (χ3n) is 4.03. The quantitative estimate of drug-likeness (QED) is 0.584. The number of hydrazine groups is 1. The summed E-state index contributed by atoms with van der Waals surface area (Å²) in [6.45, 7) is 1.66. The Morgan fingerprint density at radius 1 is 1.04 bits per heavy atom. The van der Waals surface area contributed by atoms with Gasteiger partial charge in [-0.2, -0.15) is 0 Å². The van der Waals surface area contributed by atoms with E-state index in [-0.39, 0.29) is 11.8 Å². The van der Waals surface area contributed by atoms with Gasteiger partial charge in [0.15, 0.2) is 0 Å². The van der Waals surface area contributed by atoms with E-state index in [1.807, 2.05) is 24.3 Å². The Morgan fingerprint density at radius 2 is 1.76 bits per heavy atom. The van der Waals surface area contributed by atoms with Crippen LogP contribution < -0.4 is 21.5 Å². The lowest BCUT2D eigenvalue weighted by Crippen LogP contribution is -2.34. The van der Waals surface area contributed by atoms with Crippen LogP contribution in [-0.4, -0.2) is 36.4 Å². The molecule has 0 spiro atoms. The van der Waals surface area contributed by atoms with Crippen LogP contribution in [0, 0.1) is 0 Å². The van der Waals surface area contributed by atoms with Crippen molar-refractivity contribution in [1.82, 2.24) is 26.5 Å². The molecule has 1 aliphatic rings. The van der Waals surface area contributed by atoms with Gasteiger partial charge >= 0.3 is 0 Å². The van der Waals surface area contributed by atoms with Crippen molar-refractivity contribution in [1.29, 1.82) is 0 Å². The predicted octanol–water partition coefficient (Wildman–Crippen LogP) is 0.780. The monoisotopic (exact) mass is 339 g/mol. The van der Waals surface area contributed by atoms with Crippen molar-refractivity contribution in [3.05, 3.63) is 65.5 Å². The maximum Gasteiger partial charge on any atom is 0.252 e. The molecular formula is C18H21N5O2. The van der Waals surface area contributed by atoms with Crippen molar-refractivity contribution in [2.45, 2.75) is 12.5 Å². The Hall–Kier alpha value is -2.77. The molecule has 1 unspecified atom stereocenters. The second-order valence-electron chi connectivity index (χ2n) is 5.79. The number of amides is 2. The number of carbonyl (C=O) groups excluding carboxylic acids is 2. The van der Waals surface area contributed by atoms with E-state index in [0.29, 0.717) is 30.3 Å². The van der Waals surface area contributed by atoms with Crippen LogP contribution in [0.2, 0.25) is 0 Å². The summed E-state index contributed by atoms with van der Waals surface area (Å²) in [7, 11) is 0. The fourth-order valence-corrected chi connectivity index (χ4v) is 2.65. The molecule has 0 saturated carbocycles. The van der Waals surface area contributed by atoms with Crippen LogP contribution in [0.15, 0.2) is 48.8 Å². The average Bonchev–Trinajstić information content (AvgIpc) is 3.20. The summed E-state index contributed by atoms with van der Waals surface area (Å²) < 4.78 is 0. The average molecular weight is 339 g/mol. The van der Waals surface area contributed by atoms with Crippen molar-refractivity contribution >= 4 is 11.8 Å². The zero-order chi connectivity index (χ0) is 17.5. The van der Waals surface area contributed by atoms with Gasteiger partial charge in [0, 0.05) is 43.6 Å². The van der Waals surface area contributed by atoms with Gasteiger partial charge in [-0.05, 0) is 36.2 Å². The fraction of sp³-hybridized carbons (Fsp3) is 0.278. The summed E-state index contributed by atoms with van der Waals surface area (Å²) in [6.07, 6.45) is 4.15. The smallest absolute Gasteiger partial charge is 0.252 e. The number of rotatable bonds is 6. The maximum atomic E-state index is 12.1. The summed E-state index contributed by atoms with van der Waals surface area (Å²) in [4.78, 5) is 27.9. The molecule has 130 valence electrons. The van der Waals surface area contributed by atoms with Crippen molar-refractivity contribution in [2.24, 2.45) is 0 Å². The first-order chi connectivity index (χ1) is 12.2. The van der Waals surface area contributed by atoms with Crippen LogP contribution in [0.25, 0.3) is 0 Å². The molecule has 1 fully saturated rings. The maximum absolute atomic E-state index is 12.1. The number of hydrogen-bond donors (Lipinski definition) is 4. The summed E-state index contributed by atoms with van der Waals surface area (Å²) in [5.74, 6) is -0.357. The van der Waals surface area contributed by atoms with Gasteiger partial charge in [0.05, 0.1) is 5.56 Å². The molecular weight excluding hydrogens is 318 g/mol. The number of aromatic nitrogens is 1. The SMILES string of the molecule is O=C(NCCNC(=O)c1cccnc1)c1ccc(C2CCNN2)cc1. The van der Waals surface area contributed by atoms with Gasteiger partial charge in [-0.15, -0.1) is 0 Å². The first-order valence-electron chi connectivity index (χ1n) is 8.29. The van der Waals surface area contributed by atoms with Crippen LogP contribution in [0.1, 0.15) is 38.7 Å². The second-order valence-corrected chi connectivity index (χ2v) is 5.79. The summed E-state index contributed by atoms with van der Waals surface area (Å²) in [5, 5.41) is 5.54. The Bertz CT molecular complexity index is 712. The molecule has 7 heteroatoms. The second kappa shape index (κ2) is 8.36. The predicted molar refractivity (Wildman–Crippen MR) is 93.8 cm³/mol. The van der Waals surface area contributed by atoms with Crippen molar-refractivity contribution in [3.8, 4) is 0 Å². The molecule has 7 nitrogen and oxygen atoms in total. The number of pyridine rings is 1. The van der Waals surface area contributed by atoms with Crippen LogP contribution in [-0.2, 0) is 0 Å². The molecule has 3 rings (SSSR count). The number of hydrogen-bond acceptors (Lipinski definition) is 5. The first kappa shape index (κ1) is 17.1. The molecule has 1 saturated heterocycles. The Morgan fingerprint density at radius 3 is 2.36 bits per heavy atom. The number of nitrogens with one attached hydrogen (secondary N) is 4. The molecule has 0 radical (unpaired) electrons. The molecule has 1 aromatic heterocycles. The lowest BCUT2D eigenvalue weighted by Gasteiger charge is -2.11. The van der Waals surface area contributed by atoms with Gasteiger partial charge < -0.3 is 10.6 Å². The van der Waals surface area contributed by atoms with Crippen LogP contribution >= 0.6 is 0 Å². The van der Waals surface area contributed by atoms with Gasteiger partial charge in [0.25, 0.3) is 11.8 Å².